The third-order valence-electron chi connectivity index (χ3n) is 2.81. The Hall–Kier alpha value is -1.45. The van der Waals surface area contributed by atoms with Crippen molar-refractivity contribution in [3.63, 3.8) is 0 Å². The van der Waals surface area contributed by atoms with E-state index in [0.717, 1.165) is 11.3 Å². The fourth-order valence-corrected chi connectivity index (χ4v) is 1.95. The van der Waals surface area contributed by atoms with Crippen LogP contribution in [0.2, 0.25) is 5.02 Å². The average Bonchev–Trinajstić information content (AvgIpc) is 2.34. The minimum atomic E-state index is -0.302. The van der Waals surface area contributed by atoms with Gasteiger partial charge in [0.05, 0.1) is 0 Å². The van der Waals surface area contributed by atoms with E-state index >= 15 is 0 Å². The standard InChI is InChI=1S/C14H14ClFN2/c1-9-2-3-10(8-18-9)14(17)7-11-6-12(16)4-5-13(11)15/h2-6,8,14H,7,17H2,1H3. The molecule has 1 heterocycles. The van der Waals surface area contributed by atoms with Crippen LogP contribution in [0.15, 0.2) is 36.5 Å². The molecule has 2 N–H and O–H groups in total. The molecule has 2 aromatic rings. The molecule has 0 spiro atoms. The number of aromatic nitrogens is 1. The SMILES string of the molecule is Cc1ccc(C(N)Cc2cc(F)ccc2Cl)cn1. The molecule has 0 saturated carbocycles. The molecular formula is C14H14ClFN2. The fourth-order valence-electron chi connectivity index (χ4n) is 1.75. The first-order valence-corrected chi connectivity index (χ1v) is 6.06. The van der Waals surface area contributed by atoms with Gasteiger partial charge in [-0.3, -0.25) is 4.98 Å². The van der Waals surface area contributed by atoms with E-state index in [1.807, 2.05) is 19.1 Å². The van der Waals surface area contributed by atoms with Gasteiger partial charge in [0.1, 0.15) is 5.82 Å². The van der Waals surface area contributed by atoms with Gasteiger partial charge in [-0.1, -0.05) is 17.7 Å². The first-order valence-electron chi connectivity index (χ1n) is 5.68. The number of halogens is 2. The third kappa shape index (κ3) is 3.06. The minimum absolute atomic E-state index is 0.239. The van der Waals surface area contributed by atoms with E-state index in [1.165, 1.54) is 12.1 Å². The van der Waals surface area contributed by atoms with Crippen LogP contribution in [0.5, 0.6) is 0 Å². The number of pyridine rings is 1. The maximum absolute atomic E-state index is 13.1. The van der Waals surface area contributed by atoms with Crippen LogP contribution in [0.4, 0.5) is 4.39 Å². The average molecular weight is 265 g/mol. The number of nitrogens with two attached hydrogens (primary N) is 1. The van der Waals surface area contributed by atoms with Gasteiger partial charge >= 0.3 is 0 Å². The number of benzene rings is 1. The Morgan fingerprint density at radius 1 is 1.33 bits per heavy atom. The van der Waals surface area contributed by atoms with Gasteiger partial charge in [0.25, 0.3) is 0 Å². The molecule has 1 aromatic carbocycles. The van der Waals surface area contributed by atoms with Crippen LogP contribution >= 0.6 is 11.6 Å². The number of hydrogen-bond donors (Lipinski definition) is 1. The van der Waals surface area contributed by atoms with Crippen molar-refractivity contribution >= 4 is 11.6 Å². The van der Waals surface area contributed by atoms with E-state index in [2.05, 4.69) is 4.98 Å². The number of hydrogen-bond acceptors (Lipinski definition) is 2. The van der Waals surface area contributed by atoms with Gasteiger partial charge in [-0.2, -0.15) is 0 Å². The lowest BCUT2D eigenvalue weighted by atomic mass is 10.0. The summed E-state index contributed by atoms with van der Waals surface area (Å²) in [6.07, 6.45) is 2.23. The molecule has 0 saturated heterocycles. The van der Waals surface area contributed by atoms with Crippen molar-refractivity contribution in [2.45, 2.75) is 19.4 Å². The van der Waals surface area contributed by atoms with Gasteiger partial charge in [-0.25, -0.2) is 4.39 Å². The number of aryl methyl sites for hydroxylation is 1. The van der Waals surface area contributed by atoms with Crippen molar-refractivity contribution in [1.29, 1.82) is 0 Å². The molecule has 2 nitrogen and oxygen atoms in total. The molecule has 0 aliphatic rings. The van der Waals surface area contributed by atoms with Gasteiger partial charge in [0.2, 0.25) is 0 Å². The summed E-state index contributed by atoms with van der Waals surface area (Å²) in [6, 6.07) is 7.90. The van der Waals surface area contributed by atoms with Crippen molar-refractivity contribution < 1.29 is 4.39 Å². The lowest BCUT2D eigenvalue weighted by molar-refractivity contribution is 0.622. The molecule has 0 radical (unpaired) electrons. The lowest BCUT2D eigenvalue weighted by Gasteiger charge is -2.13. The summed E-state index contributed by atoms with van der Waals surface area (Å²) in [5.41, 5.74) is 8.64. The number of nitrogens with zero attached hydrogens (tertiary/aromatic N) is 1. The van der Waals surface area contributed by atoms with Gasteiger partial charge < -0.3 is 5.73 Å². The molecular weight excluding hydrogens is 251 g/mol. The highest BCUT2D eigenvalue weighted by atomic mass is 35.5. The molecule has 0 aliphatic carbocycles. The van der Waals surface area contributed by atoms with E-state index in [4.69, 9.17) is 17.3 Å². The molecule has 2 rings (SSSR count). The van der Waals surface area contributed by atoms with E-state index in [9.17, 15) is 4.39 Å². The van der Waals surface area contributed by atoms with Crippen molar-refractivity contribution in [2.75, 3.05) is 0 Å². The second-order valence-electron chi connectivity index (χ2n) is 4.28. The van der Waals surface area contributed by atoms with Crippen LogP contribution in [0, 0.1) is 12.7 Å². The Kier molecular flexibility index (Phi) is 3.94. The highest BCUT2D eigenvalue weighted by Gasteiger charge is 2.10. The molecule has 0 bridgehead atoms. The van der Waals surface area contributed by atoms with E-state index in [1.54, 1.807) is 12.3 Å². The minimum Gasteiger partial charge on any atom is -0.324 e. The van der Waals surface area contributed by atoms with Crippen molar-refractivity contribution in [1.82, 2.24) is 4.98 Å². The Labute approximate surface area is 111 Å². The molecule has 0 amide bonds. The zero-order valence-corrected chi connectivity index (χ0v) is 10.8. The van der Waals surface area contributed by atoms with Gasteiger partial charge in [-0.15, -0.1) is 0 Å². The molecule has 1 unspecified atom stereocenters. The van der Waals surface area contributed by atoms with Crippen LogP contribution in [0.3, 0.4) is 0 Å². The predicted molar refractivity (Wildman–Crippen MR) is 71.0 cm³/mol. The van der Waals surface area contributed by atoms with E-state index in [0.29, 0.717) is 17.0 Å². The summed E-state index contributed by atoms with van der Waals surface area (Å²) >= 11 is 6.02. The van der Waals surface area contributed by atoms with Crippen LogP contribution in [0.25, 0.3) is 0 Å². The zero-order valence-electron chi connectivity index (χ0n) is 10.0. The fraction of sp³-hybridized carbons (Fsp3) is 0.214. The van der Waals surface area contributed by atoms with E-state index < -0.39 is 0 Å². The number of rotatable bonds is 3. The van der Waals surface area contributed by atoms with Crippen LogP contribution < -0.4 is 5.73 Å². The smallest absolute Gasteiger partial charge is 0.123 e. The molecule has 0 aliphatic heterocycles. The summed E-state index contributed by atoms with van der Waals surface area (Å²) in [4.78, 5) is 4.19. The molecule has 1 atom stereocenters. The predicted octanol–water partition coefficient (Wildman–Crippen LogP) is 3.43. The highest BCUT2D eigenvalue weighted by molar-refractivity contribution is 6.31. The third-order valence-corrected chi connectivity index (χ3v) is 3.18. The maximum Gasteiger partial charge on any atom is 0.123 e. The first kappa shape index (κ1) is 13.0. The van der Waals surface area contributed by atoms with Crippen molar-refractivity contribution in [2.24, 2.45) is 5.73 Å². The van der Waals surface area contributed by atoms with Crippen molar-refractivity contribution in [3.05, 3.63) is 64.2 Å². The Bertz CT molecular complexity index is 540. The van der Waals surface area contributed by atoms with Gasteiger partial charge in [0, 0.05) is 23.0 Å². The van der Waals surface area contributed by atoms with Gasteiger partial charge in [-0.05, 0) is 48.7 Å². The Balaban J connectivity index is 2.18. The summed E-state index contributed by atoms with van der Waals surface area (Å²) < 4.78 is 13.1. The molecule has 4 heteroatoms. The van der Waals surface area contributed by atoms with Gasteiger partial charge in [0.15, 0.2) is 0 Å². The Morgan fingerprint density at radius 2 is 2.11 bits per heavy atom. The summed E-state index contributed by atoms with van der Waals surface area (Å²) in [5.74, 6) is -0.302. The summed E-state index contributed by atoms with van der Waals surface area (Å²) in [6.45, 7) is 1.92. The molecule has 0 fully saturated rings. The van der Waals surface area contributed by atoms with Crippen LogP contribution in [0.1, 0.15) is 22.9 Å². The second-order valence-corrected chi connectivity index (χ2v) is 4.69. The first-order chi connectivity index (χ1) is 8.56. The molecule has 1 aromatic heterocycles. The lowest BCUT2D eigenvalue weighted by Crippen LogP contribution is -2.14. The van der Waals surface area contributed by atoms with E-state index in [-0.39, 0.29) is 11.9 Å². The zero-order chi connectivity index (χ0) is 13.1. The topological polar surface area (TPSA) is 38.9 Å². The second kappa shape index (κ2) is 5.46. The maximum atomic E-state index is 13.1. The van der Waals surface area contributed by atoms with Crippen molar-refractivity contribution in [3.8, 4) is 0 Å². The van der Waals surface area contributed by atoms with Crippen LogP contribution in [-0.4, -0.2) is 4.98 Å². The highest BCUT2D eigenvalue weighted by Crippen LogP contribution is 2.22. The largest absolute Gasteiger partial charge is 0.324 e. The quantitative estimate of drug-likeness (QED) is 0.923. The Morgan fingerprint density at radius 3 is 2.78 bits per heavy atom. The molecule has 18 heavy (non-hydrogen) atoms. The van der Waals surface area contributed by atoms with Crippen LogP contribution in [-0.2, 0) is 6.42 Å². The normalized spacial score (nSPS) is 12.4. The molecule has 94 valence electrons. The monoisotopic (exact) mass is 264 g/mol. The summed E-state index contributed by atoms with van der Waals surface area (Å²) in [5, 5.41) is 0.534. The summed E-state index contributed by atoms with van der Waals surface area (Å²) in [7, 11) is 0.